The molecule has 5 heteroatoms. The van der Waals surface area contributed by atoms with Crippen molar-refractivity contribution in [2.75, 3.05) is 6.61 Å². The highest BCUT2D eigenvalue weighted by Crippen LogP contribution is 2.25. The number of amides is 1. The van der Waals surface area contributed by atoms with Crippen molar-refractivity contribution in [3.8, 4) is 11.3 Å². The number of benzene rings is 1. The summed E-state index contributed by atoms with van der Waals surface area (Å²) in [4.78, 5) is 16.1. The minimum atomic E-state index is -0.468. The Labute approximate surface area is 136 Å². The molecule has 1 amide bonds. The third kappa shape index (κ3) is 4.15. The average molecular weight is 313 g/mol. The number of hydrogen-bond donors (Lipinski definition) is 3. The van der Waals surface area contributed by atoms with Gasteiger partial charge in [-0.15, -0.1) is 0 Å². The number of nitrogens with zero attached hydrogens (tertiary/aromatic N) is 1. The normalized spacial score (nSPS) is 12.3. The minimum Gasteiger partial charge on any atom is -0.395 e. The van der Waals surface area contributed by atoms with Gasteiger partial charge in [0.15, 0.2) is 0 Å². The lowest BCUT2D eigenvalue weighted by Gasteiger charge is -2.22. The van der Waals surface area contributed by atoms with Crippen molar-refractivity contribution in [1.82, 2.24) is 10.3 Å². The van der Waals surface area contributed by atoms with E-state index in [9.17, 15) is 9.90 Å². The molecular formula is C18H23N3O2. The van der Waals surface area contributed by atoms with Gasteiger partial charge in [-0.2, -0.15) is 0 Å². The van der Waals surface area contributed by atoms with E-state index in [0.29, 0.717) is 12.1 Å². The summed E-state index contributed by atoms with van der Waals surface area (Å²) in [5, 5.41) is 12.8. The summed E-state index contributed by atoms with van der Waals surface area (Å²) in [7, 11) is 0. The van der Waals surface area contributed by atoms with Gasteiger partial charge in [-0.1, -0.05) is 32.0 Å². The zero-order valence-electron chi connectivity index (χ0n) is 13.5. The number of aromatic nitrogens is 1. The highest BCUT2D eigenvalue weighted by molar-refractivity contribution is 5.96. The number of carbonyl (C=O) groups is 1. The smallest absolute Gasteiger partial charge is 0.249 e. The number of hydrogen-bond acceptors (Lipinski definition) is 4. The second kappa shape index (κ2) is 7.85. The summed E-state index contributed by atoms with van der Waals surface area (Å²) in [5.74, 6) is -0.191. The van der Waals surface area contributed by atoms with Crippen LogP contribution in [0, 0.1) is 5.92 Å². The van der Waals surface area contributed by atoms with E-state index in [-0.39, 0.29) is 18.6 Å². The van der Waals surface area contributed by atoms with Crippen molar-refractivity contribution in [3.05, 3.63) is 53.7 Å². The van der Waals surface area contributed by atoms with Crippen molar-refractivity contribution >= 4 is 5.91 Å². The van der Waals surface area contributed by atoms with Crippen molar-refractivity contribution in [1.29, 1.82) is 0 Å². The molecule has 0 saturated carbocycles. The molecule has 0 aliphatic heterocycles. The van der Waals surface area contributed by atoms with E-state index < -0.39 is 5.91 Å². The molecular weight excluding hydrogens is 290 g/mol. The molecule has 0 spiro atoms. The summed E-state index contributed by atoms with van der Waals surface area (Å²) >= 11 is 0. The number of rotatable bonds is 7. The van der Waals surface area contributed by atoms with Crippen LogP contribution in [-0.4, -0.2) is 28.6 Å². The lowest BCUT2D eigenvalue weighted by molar-refractivity contribution is 0.0999. The van der Waals surface area contributed by atoms with Crippen LogP contribution >= 0.6 is 0 Å². The van der Waals surface area contributed by atoms with Gasteiger partial charge in [0.1, 0.15) is 0 Å². The number of primary amides is 1. The second-order valence-electron chi connectivity index (χ2n) is 5.82. The Morgan fingerprint density at radius 1 is 1.26 bits per heavy atom. The summed E-state index contributed by atoms with van der Waals surface area (Å²) in [6.45, 7) is 4.55. The number of nitrogens with one attached hydrogen (secondary N) is 1. The molecule has 0 fully saturated rings. The molecule has 0 unspecified atom stereocenters. The highest BCUT2D eigenvalue weighted by Gasteiger charge is 2.17. The SMILES string of the molecule is CC(C)[C@H](CO)NCc1c(C(N)=O)cccc1-c1ccccn1. The largest absolute Gasteiger partial charge is 0.395 e. The first-order valence-electron chi connectivity index (χ1n) is 7.72. The van der Waals surface area contributed by atoms with Crippen LogP contribution in [0.2, 0.25) is 0 Å². The lowest BCUT2D eigenvalue weighted by atomic mass is 9.96. The molecule has 2 aromatic rings. The molecule has 0 aliphatic carbocycles. The maximum absolute atomic E-state index is 11.8. The summed E-state index contributed by atoms with van der Waals surface area (Å²) in [6, 6.07) is 11.0. The van der Waals surface area contributed by atoms with Crippen LogP contribution in [-0.2, 0) is 6.54 Å². The van der Waals surface area contributed by atoms with Crippen LogP contribution in [0.5, 0.6) is 0 Å². The molecule has 1 aromatic carbocycles. The van der Waals surface area contributed by atoms with Gasteiger partial charge in [0, 0.05) is 29.9 Å². The van der Waals surface area contributed by atoms with E-state index in [4.69, 9.17) is 5.73 Å². The predicted molar refractivity (Wildman–Crippen MR) is 90.7 cm³/mol. The average Bonchev–Trinajstić information content (AvgIpc) is 2.55. The van der Waals surface area contributed by atoms with Gasteiger partial charge >= 0.3 is 0 Å². The first kappa shape index (κ1) is 17.1. The molecule has 0 saturated heterocycles. The zero-order chi connectivity index (χ0) is 16.8. The number of carbonyl (C=O) groups excluding carboxylic acids is 1. The third-order valence-electron chi connectivity index (χ3n) is 3.92. The standard InChI is InChI=1S/C18H23N3O2/c1-12(2)17(11-22)21-10-15-13(16-8-3-4-9-20-16)6-5-7-14(15)18(19)23/h3-9,12,17,21-22H,10-11H2,1-2H3,(H2,19,23)/t17-/m0/s1. The van der Waals surface area contributed by atoms with Crippen molar-refractivity contribution in [2.45, 2.75) is 26.4 Å². The van der Waals surface area contributed by atoms with Gasteiger partial charge in [-0.3, -0.25) is 9.78 Å². The van der Waals surface area contributed by atoms with Crippen LogP contribution in [0.3, 0.4) is 0 Å². The highest BCUT2D eigenvalue weighted by atomic mass is 16.3. The van der Waals surface area contributed by atoms with Gasteiger partial charge in [-0.05, 0) is 29.7 Å². The van der Waals surface area contributed by atoms with Gasteiger partial charge in [0.25, 0.3) is 0 Å². The fourth-order valence-corrected chi connectivity index (χ4v) is 2.51. The molecule has 0 radical (unpaired) electrons. The fraction of sp³-hybridized carbons (Fsp3) is 0.333. The van der Waals surface area contributed by atoms with E-state index in [1.165, 1.54) is 0 Å². The number of nitrogens with two attached hydrogens (primary N) is 1. The first-order chi connectivity index (χ1) is 11.0. The number of aliphatic hydroxyl groups excluding tert-OH is 1. The Kier molecular flexibility index (Phi) is 5.84. The molecule has 2 rings (SSSR count). The summed E-state index contributed by atoms with van der Waals surface area (Å²) < 4.78 is 0. The summed E-state index contributed by atoms with van der Waals surface area (Å²) in [5.41, 5.74) is 8.46. The monoisotopic (exact) mass is 313 g/mol. The third-order valence-corrected chi connectivity index (χ3v) is 3.92. The molecule has 23 heavy (non-hydrogen) atoms. The topological polar surface area (TPSA) is 88.2 Å². The Bertz CT molecular complexity index is 657. The van der Waals surface area contributed by atoms with Gasteiger partial charge in [0.2, 0.25) is 5.91 Å². The molecule has 0 aliphatic rings. The maximum Gasteiger partial charge on any atom is 0.249 e. The van der Waals surface area contributed by atoms with Gasteiger partial charge in [0.05, 0.1) is 12.3 Å². The van der Waals surface area contributed by atoms with E-state index >= 15 is 0 Å². The van der Waals surface area contributed by atoms with Crippen molar-refractivity contribution in [2.24, 2.45) is 11.7 Å². The van der Waals surface area contributed by atoms with E-state index in [2.05, 4.69) is 10.3 Å². The van der Waals surface area contributed by atoms with Gasteiger partial charge in [-0.25, -0.2) is 0 Å². The van der Waals surface area contributed by atoms with E-state index in [1.54, 1.807) is 18.3 Å². The van der Waals surface area contributed by atoms with Crippen LogP contribution in [0.25, 0.3) is 11.3 Å². The summed E-state index contributed by atoms with van der Waals surface area (Å²) in [6.07, 6.45) is 1.72. The van der Waals surface area contributed by atoms with Crippen LogP contribution in [0.15, 0.2) is 42.6 Å². The minimum absolute atomic E-state index is 0.0370. The quantitative estimate of drug-likeness (QED) is 0.729. The maximum atomic E-state index is 11.8. The predicted octanol–water partition coefficient (Wildman–Crippen LogP) is 1.95. The Morgan fingerprint density at radius 3 is 2.61 bits per heavy atom. The van der Waals surface area contributed by atoms with Crippen molar-refractivity contribution in [3.63, 3.8) is 0 Å². The molecule has 122 valence electrons. The zero-order valence-corrected chi connectivity index (χ0v) is 13.5. The Morgan fingerprint density at radius 2 is 2.04 bits per heavy atom. The second-order valence-corrected chi connectivity index (χ2v) is 5.82. The number of pyridine rings is 1. The van der Waals surface area contributed by atoms with Crippen LogP contribution in [0.1, 0.15) is 29.8 Å². The molecule has 1 aromatic heterocycles. The molecule has 0 bridgehead atoms. The molecule has 1 heterocycles. The van der Waals surface area contributed by atoms with E-state index in [0.717, 1.165) is 16.8 Å². The van der Waals surface area contributed by atoms with Crippen LogP contribution in [0.4, 0.5) is 0 Å². The van der Waals surface area contributed by atoms with Crippen LogP contribution < -0.4 is 11.1 Å². The molecule has 5 nitrogen and oxygen atoms in total. The first-order valence-corrected chi connectivity index (χ1v) is 7.72. The fourth-order valence-electron chi connectivity index (χ4n) is 2.51. The number of aliphatic hydroxyl groups is 1. The Balaban J connectivity index is 2.40. The van der Waals surface area contributed by atoms with Gasteiger partial charge < -0.3 is 16.2 Å². The van der Waals surface area contributed by atoms with E-state index in [1.807, 2.05) is 38.1 Å². The lowest BCUT2D eigenvalue weighted by Crippen LogP contribution is -2.37. The van der Waals surface area contributed by atoms with Crippen molar-refractivity contribution < 1.29 is 9.90 Å². The molecule has 1 atom stereocenters. The Hall–Kier alpha value is -2.24. The molecule has 4 N–H and O–H groups in total.